The van der Waals surface area contributed by atoms with Crippen molar-refractivity contribution in [1.82, 2.24) is 15.2 Å². The first-order chi connectivity index (χ1) is 13.1. The molecular formula is C19H28N4O3S2. The van der Waals surface area contributed by atoms with Crippen LogP contribution in [0.2, 0.25) is 0 Å². The van der Waals surface area contributed by atoms with E-state index in [1.54, 1.807) is 30.4 Å². The number of rotatable bonds is 9. The summed E-state index contributed by atoms with van der Waals surface area (Å²) in [6.07, 6.45) is 1.20. The summed E-state index contributed by atoms with van der Waals surface area (Å²) in [6.45, 7) is 6.97. The van der Waals surface area contributed by atoms with Crippen LogP contribution in [0.25, 0.3) is 11.3 Å². The van der Waals surface area contributed by atoms with Gasteiger partial charge in [0.1, 0.15) is 5.01 Å². The van der Waals surface area contributed by atoms with Crippen molar-refractivity contribution >= 4 is 33.0 Å². The van der Waals surface area contributed by atoms with Crippen LogP contribution in [-0.4, -0.2) is 56.6 Å². The first-order valence-electron chi connectivity index (χ1n) is 9.10. The second-order valence-corrected chi connectivity index (χ2v) is 9.85. The Morgan fingerprint density at radius 3 is 2.43 bits per heavy atom. The van der Waals surface area contributed by atoms with Gasteiger partial charge in [0.25, 0.3) is 0 Å². The molecule has 9 heteroatoms. The molecule has 7 nitrogen and oxygen atoms in total. The largest absolute Gasteiger partial charge is 0.353 e. The van der Waals surface area contributed by atoms with Crippen LogP contribution in [-0.2, 0) is 21.4 Å². The quantitative estimate of drug-likeness (QED) is 0.669. The van der Waals surface area contributed by atoms with Gasteiger partial charge in [-0.15, -0.1) is 11.3 Å². The maximum absolute atomic E-state index is 11.8. The summed E-state index contributed by atoms with van der Waals surface area (Å²) in [5.41, 5.74) is 2.41. The van der Waals surface area contributed by atoms with Crippen molar-refractivity contribution < 1.29 is 13.2 Å². The second-order valence-electron chi connectivity index (χ2n) is 7.00. The number of nitrogens with one attached hydrogen (secondary N) is 1. The van der Waals surface area contributed by atoms with Crippen molar-refractivity contribution in [3.63, 3.8) is 0 Å². The summed E-state index contributed by atoms with van der Waals surface area (Å²) in [5, 5.41) is 5.77. The lowest BCUT2D eigenvalue weighted by atomic mass is 10.1. The maximum Gasteiger partial charge on any atom is 0.234 e. The number of hydrogen-bond donors (Lipinski definition) is 1. The maximum atomic E-state index is 11.8. The van der Waals surface area contributed by atoms with E-state index in [-0.39, 0.29) is 11.9 Å². The summed E-state index contributed by atoms with van der Waals surface area (Å²) in [6, 6.07) is 7.47. The van der Waals surface area contributed by atoms with Crippen LogP contribution in [0.5, 0.6) is 0 Å². The molecule has 0 fully saturated rings. The van der Waals surface area contributed by atoms with Crippen molar-refractivity contribution in [3.05, 3.63) is 34.7 Å². The number of nitrogens with zero attached hydrogens (tertiary/aromatic N) is 3. The Morgan fingerprint density at radius 1 is 1.25 bits per heavy atom. The van der Waals surface area contributed by atoms with Crippen molar-refractivity contribution in [2.75, 3.05) is 30.7 Å². The average molecular weight is 425 g/mol. The Balaban J connectivity index is 2.04. The zero-order chi connectivity index (χ0) is 20.9. The Kier molecular flexibility index (Phi) is 7.56. The van der Waals surface area contributed by atoms with Crippen molar-refractivity contribution in [2.24, 2.45) is 0 Å². The Bertz CT molecular complexity index is 892. The van der Waals surface area contributed by atoms with Crippen LogP contribution >= 0.6 is 11.3 Å². The van der Waals surface area contributed by atoms with Gasteiger partial charge in [-0.25, -0.2) is 13.4 Å². The summed E-state index contributed by atoms with van der Waals surface area (Å²) in [7, 11) is -1.40. The van der Waals surface area contributed by atoms with Gasteiger partial charge < -0.3 is 5.32 Å². The number of likely N-dealkylation sites (N-methyl/N-ethyl adjacent to an activating group) is 1. The highest BCUT2D eigenvalue weighted by molar-refractivity contribution is 7.92. The second kappa shape index (κ2) is 9.49. The van der Waals surface area contributed by atoms with Gasteiger partial charge >= 0.3 is 0 Å². The Hall–Kier alpha value is -1.97. The number of benzene rings is 1. The molecule has 0 aliphatic heterocycles. The number of thiazole rings is 1. The van der Waals surface area contributed by atoms with Gasteiger partial charge in [0.2, 0.25) is 15.9 Å². The highest BCUT2D eigenvalue weighted by atomic mass is 32.2. The average Bonchev–Trinajstić information content (AvgIpc) is 3.02. The van der Waals surface area contributed by atoms with E-state index < -0.39 is 10.0 Å². The fraction of sp³-hybridized carbons (Fsp3) is 0.474. The molecule has 0 atom stereocenters. The lowest BCUT2D eigenvalue weighted by Gasteiger charge is -2.20. The minimum Gasteiger partial charge on any atom is -0.353 e. The summed E-state index contributed by atoms with van der Waals surface area (Å²) < 4.78 is 25.0. The molecular weight excluding hydrogens is 396 g/mol. The molecule has 0 aliphatic carbocycles. The fourth-order valence-electron chi connectivity index (χ4n) is 2.82. The van der Waals surface area contributed by atoms with Crippen LogP contribution in [0.1, 0.15) is 25.8 Å². The molecule has 1 amide bonds. The third kappa shape index (κ3) is 6.29. The highest BCUT2D eigenvalue weighted by Crippen LogP contribution is 2.26. The van der Waals surface area contributed by atoms with Gasteiger partial charge in [-0.2, -0.15) is 0 Å². The van der Waals surface area contributed by atoms with Crippen molar-refractivity contribution in [3.8, 4) is 11.3 Å². The van der Waals surface area contributed by atoms with Crippen LogP contribution in [0.4, 0.5) is 5.69 Å². The van der Waals surface area contributed by atoms with E-state index in [1.165, 1.54) is 10.6 Å². The zero-order valence-electron chi connectivity index (χ0n) is 17.0. The number of aromatic nitrogens is 1. The minimum absolute atomic E-state index is 0.00350. The predicted molar refractivity (Wildman–Crippen MR) is 115 cm³/mol. The third-order valence-electron chi connectivity index (χ3n) is 3.96. The molecule has 2 aromatic rings. The Morgan fingerprint density at radius 2 is 1.89 bits per heavy atom. The molecule has 0 aliphatic rings. The molecule has 2 rings (SSSR count). The summed E-state index contributed by atoms with van der Waals surface area (Å²) >= 11 is 1.54. The number of carbonyl (C=O) groups excluding carboxylic acids is 1. The lowest BCUT2D eigenvalue weighted by Crippen LogP contribution is -2.38. The van der Waals surface area contributed by atoms with Crippen molar-refractivity contribution in [1.29, 1.82) is 0 Å². The number of sulfonamides is 1. The van der Waals surface area contributed by atoms with E-state index in [0.29, 0.717) is 25.3 Å². The third-order valence-corrected chi connectivity index (χ3v) is 6.06. The highest BCUT2D eigenvalue weighted by Gasteiger charge is 2.16. The van der Waals surface area contributed by atoms with E-state index in [4.69, 9.17) is 0 Å². The van der Waals surface area contributed by atoms with Crippen LogP contribution in [0.3, 0.4) is 0 Å². The normalized spacial score (nSPS) is 11.8. The summed E-state index contributed by atoms with van der Waals surface area (Å²) in [4.78, 5) is 18.4. The molecule has 0 saturated heterocycles. The molecule has 1 heterocycles. The van der Waals surface area contributed by atoms with E-state index >= 15 is 0 Å². The van der Waals surface area contributed by atoms with E-state index in [0.717, 1.165) is 16.3 Å². The minimum atomic E-state index is -3.29. The van der Waals surface area contributed by atoms with Gasteiger partial charge in [0.15, 0.2) is 0 Å². The van der Waals surface area contributed by atoms with Gasteiger partial charge in [-0.3, -0.25) is 14.0 Å². The lowest BCUT2D eigenvalue weighted by molar-refractivity contribution is -0.122. The number of hydrogen-bond acceptors (Lipinski definition) is 6. The molecule has 0 unspecified atom stereocenters. The molecule has 28 heavy (non-hydrogen) atoms. The van der Waals surface area contributed by atoms with Gasteiger partial charge in [-0.05, 0) is 40.0 Å². The number of amides is 1. The first-order valence-corrected chi connectivity index (χ1v) is 11.8. The molecule has 0 saturated carbocycles. The van der Waals surface area contributed by atoms with E-state index in [1.807, 2.05) is 43.3 Å². The molecule has 0 radical (unpaired) electrons. The predicted octanol–water partition coefficient (Wildman–Crippen LogP) is 2.55. The molecule has 1 N–H and O–H groups in total. The molecule has 0 spiro atoms. The molecule has 1 aromatic heterocycles. The standard InChI is InChI=1S/C19H28N4O3S2/c1-6-23(28(5,25)26)16-9-7-15(8-10-16)17-13-27-19(21-17)12-22(4)11-18(24)20-14(2)3/h7-10,13-14H,6,11-12H2,1-5H3,(H,20,24). The van der Waals surface area contributed by atoms with Gasteiger partial charge in [0, 0.05) is 23.5 Å². The van der Waals surface area contributed by atoms with Gasteiger partial charge in [-0.1, -0.05) is 12.1 Å². The SMILES string of the molecule is CCN(c1ccc(-c2csc(CN(C)CC(=O)NC(C)C)n2)cc1)S(C)(=O)=O. The smallest absolute Gasteiger partial charge is 0.234 e. The number of anilines is 1. The van der Waals surface area contributed by atoms with Crippen molar-refractivity contribution in [2.45, 2.75) is 33.4 Å². The Labute approximate surface area is 171 Å². The molecule has 0 bridgehead atoms. The number of carbonyl (C=O) groups is 1. The van der Waals surface area contributed by atoms with Crippen LogP contribution in [0, 0.1) is 0 Å². The fourth-order valence-corrected chi connectivity index (χ4v) is 4.68. The molecule has 1 aromatic carbocycles. The monoisotopic (exact) mass is 424 g/mol. The first kappa shape index (κ1) is 22.3. The van der Waals surface area contributed by atoms with Crippen LogP contribution < -0.4 is 9.62 Å². The van der Waals surface area contributed by atoms with Crippen LogP contribution in [0.15, 0.2) is 29.6 Å². The van der Waals surface area contributed by atoms with E-state index in [9.17, 15) is 13.2 Å². The van der Waals surface area contributed by atoms with Gasteiger partial charge in [0.05, 0.1) is 30.7 Å². The topological polar surface area (TPSA) is 82.6 Å². The summed E-state index contributed by atoms with van der Waals surface area (Å²) in [5.74, 6) is -0.00350. The van der Waals surface area contributed by atoms with E-state index in [2.05, 4.69) is 10.3 Å². The molecule has 154 valence electrons. The zero-order valence-corrected chi connectivity index (χ0v) is 18.6.